The van der Waals surface area contributed by atoms with Gasteiger partial charge < -0.3 is 0 Å². The number of hydrogen-bond acceptors (Lipinski definition) is 0. The molecule has 0 spiro atoms. The predicted molar refractivity (Wildman–Crippen MR) is 46.4 cm³/mol. The number of alkyl halides is 3. The second-order valence-electron chi connectivity index (χ2n) is 4.56. The van der Waals surface area contributed by atoms with E-state index >= 15 is 0 Å². The van der Waals surface area contributed by atoms with E-state index < -0.39 is 11.6 Å². The minimum Gasteiger partial charge on any atom is -0.171 e. The molecule has 0 saturated heterocycles. The van der Waals surface area contributed by atoms with Crippen LogP contribution >= 0.6 is 0 Å². The molecule has 0 nitrogen and oxygen atoms in total. The lowest BCUT2D eigenvalue weighted by Crippen LogP contribution is -2.43. The smallest absolute Gasteiger partial charge is 0.171 e. The van der Waals surface area contributed by atoms with E-state index in [9.17, 15) is 13.2 Å². The van der Waals surface area contributed by atoms with E-state index in [-0.39, 0.29) is 0 Å². The number of rotatable bonds is 3. The van der Waals surface area contributed by atoms with Crippen molar-refractivity contribution in [1.29, 1.82) is 0 Å². The number of hydrogen-bond donors (Lipinski definition) is 0. The molecular formula is C10H17F3. The second kappa shape index (κ2) is 3.50. The number of halogens is 3. The Kier molecular flexibility index (Phi) is 2.93. The maximum Gasteiger partial charge on any atom is 0.394 e. The van der Waals surface area contributed by atoms with Crippen LogP contribution in [0.1, 0.15) is 46.0 Å². The van der Waals surface area contributed by atoms with Gasteiger partial charge in [0.05, 0.1) is 5.41 Å². The van der Waals surface area contributed by atoms with Gasteiger partial charge in [0.15, 0.2) is 0 Å². The Morgan fingerprint density at radius 2 is 1.77 bits per heavy atom. The zero-order valence-electron chi connectivity index (χ0n) is 8.25. The summed E-state index contributed by atoms with van der Waals surface area (Å²) in [5.41, 5.74) is -1.31. The van der Waals surface area contributed by atoms with Crippen molar-refractivity contribution in [2.24, 2.45) is 11.3 Å². The van der Waals surface area contributed by atoms with Gasteiger partial charge in [0.25, 0.3) is 0 Å². The van der Waals surface area contributed by atoms with E-state index in [2.05, 4.69) is 0 Å². The van der Waals surface area contributed by atoms with Crippen molar-refractivity contribution in [1.82, 2.24) is 0 Å². The normalized spacial score (nSPS) is 21.7. The van der Waals surface area contributed by atoms with Crippen LogP contribution in [0.4, 0.5) is 13.2 Å². The first-order valence-electron chi connectivity index (χ1n) is 4.94. The SMILES string of the molecule is CC(C)CCC1(C(F)(F)F)CCC1. The monoisotopic (exact) mass is 194 g/mol. The van der Waals surface area contributed by atoms with Gasteiger partial charge in [-0.15, -0.1) is 0 Å². The van der Waals surface area contributed by atoms with Gasteiger partial charge in [-0.3, -0.25) is 0 Å². The molecule has 3 heteroatoms. The van der Waals surface area contributed by atoms with Crippen LogP contribution in [0.3, 0.4) is 0 Å². The molecule has 1 saturated carbocycles. The standard InChI is InChI=1S/C10H17F3/c1-8(2)4-7-9(5-3-6-9)10(11,12)13/h8H,3-7H2,1-2H3. The average molecular weight is 194 g/mol. The highest BCUT2D eigenvalue weighted by atomic mass is 19.4. The molecule has 0 radical (unpaired) electrons. The topological polar surface area (TPSA) is 0 Å². The van der Waals surface area contributed by atoms with Gasteiger partial charge in [-0.1, -0.05) is 26.7 Å². The fourth-order valence-corrected chi connectivity index (χ4v) is 1.84. The first kappa shape index (κ1) is 10.9. The summed E-state index contributed by atoms with van der Waals surface area (Å²) in [6.45, 7) is 3.95. The molecule has 0 amide bonds. The van der Waals surface area contributed by atoms with E-state index in [0.717, 1.165) is 6.42 Å². The minimum absolute atomic E-state index is 0.328. The van der Waals surface area contributed by atoms with Gasteiger partial charge in [-0.25, -0.2) is 0 Å². The molecule has 0 aromatic carbocycles. The lowest BCUT2D eigenvalue weighted by atomic mass is 9.65. The summed E-state index contributed by atoms with van der Waals surface area (Å²) in [6, 6.07) is 0. The molecular weight excluding hydrogens is 177 g/mol. The summed E-state index contributed by atoms with van der Waals surface area (Å²) in [7, 11) is 0. The van der Waals surface area contributed by atoms with Crippen molar-refractivity contribution >= 4 is 0 Å². The third kappa shape index (κ3) is 2.18. The summed E-state index contributed by atoms with van der Waals surface area (Å²) in [5.74, 6) is 0.375. The Morgan fingerprint density at radius 3 is 2.00 bits per heavy atom. The molecule has 0 N–H and O–H groups in total. The third-order valence-corrected chi connectivity index (χ3v) is 3.11. The molecule has 78 valence electrons. The van der Waals surface area contributed by atoms with Gasteiger partial charge in [0.1, 0.15) is 0 Å². The summed E-state index contributed by atoms with van der Waals surface area (Å²) < 4.78 is 37.8. The lowest BCUT2D eigenvalue weighted by molar-refractivity contribution is -0.254. The van der Waals surface area contributed by atoms with Gasteiger partial charge in [-0.05, 0) is 25.2 Å². The predicted octanol–water partition coefficient (Wildman–Crippen LogP) is 4.16. The van der Waals surface area contributed by atoms with Crippen molar-refractivity contribution < 1.29 is 13.2 Å². The third-order valence-electron chi connectivity index (χ3n) is 3.11. The maximum atomic E-state index is 12.6. The molecule has 1 aliphatic rings. The summed E-state index contributed by atoms with van der Waals surface area (Å²) >= 11 is 0. The molecule has 0 aromatic heterocycles. The fourth-order valence-electron chi connectivity index (χ4n) is 1.84. The van der Waals surface area contributed by atoms with Crippen LogP contribution in [-0.4, -0.2) is 6.18 Å². The highest BCUT2D eigenvalue weighted by Crippen LogP contribution is 2.56. The Balaban J connectivity index is 2.51. The molecule has 1 aliphatic carbocycles. The highest BCUT2D eigenvalue weighted by Gasteiger charge is 2.57. The zero-order chi connectivity index (χ0) is 10.1. The Labute approximate surface area is 77.5 Å². The Morgan fingerprint density at radius 1 is 1.23 bits per heavy atom. The van der Waals surface area contributed by atoms with Crippen molar-refractivity contribution in [3.05, 3.63) is 0 Å². The second-order valence-corrected chi connectivity index (χ2v) is 4.56. The largest absolute Gasteiger partial charge is 0.394 e. The summed E-state index contributed by atoms with van der Waals surface area (Å²) in [5, 5.41) is 0. The molecule has 0 unspecified atom stereocenters. The van der Waals surface area contributed by atoms with E-state index in [0.29, 0.717) is 31.6 Å². The summed E-state index contributed by atoms with van der Waals surface area (Å²) in [6.07, 6.45) is -1.50. The first-order chi connectivity index (χ1) is 5.87. The maximum absolute atomic E-state index is 12.6. The molecule has 0 atom stereocenters. The van der Waals surface area contributed by atoms with Crippen LogP contribution in [-0.2, 0) is 0 Å². The van der Waals surface area contributed by atoms with Crippen LogP contribution in [0.15, 0.2) is 0 Å². The quantitative estimate of drug-likeness (QED) is 0.633. The van der Waals surface area contributed by atoms with Crippen LogP contribution in [0, 0.1) is 11.3 Å². The molecule has 0 aliphatic heterocycles. The Hall–Kier alpha value is -0.210. The van der Waals surface area contributed by atoms with Crippen molar-refractivity contribution in [3.8, 4) is 0 Å². The van der Waals surface area contributed by atoms with Crippen LogP contribution in [0.2, 0.25) is 0 Å². The van der Waals surface area contributed by atoms with Crippen molar-refractivity contribution in [2.75, 3.05) is 0 Å². The van der Waals surface area contributed by atoms with Crippen molar-refractivity contribution in [3.63, 3.8) is 0 Å². The van der Waals surface area contributed by atoms with Crippen molar-refractivity contribution in [2.45, 2.75) is 52.1 Å². The van der Waals surface area contributed by atoms with Crippen LogP contribution in [0.25, 0.3) is 0 Å². The van der Waals surface area contributed by atoms with Gasteiger partial charge in [-0.2, -0.15) is 13.2 Å². The first-order valence-corrected chi connectivity index (χ1v) is 4.94. The van der Waals surface area contributed by atoms with E-state index in [4.69, 9.17) is 0 Å². The molecule has 1 fully saturated rings. The Bertz CT molecular complexity index is 165. The minimum atomic E-state index is -3.97. The molecule has 13 heavy (non-hydrogen) atoms. The lowest BCUT2D eigenvalue weighted by Gasteiger charge is -2.43. The van der Waals surface area contributed by atoms with Gasteiger partial charge >= 0.3 is 6.18 Å². The van der Waals surface area contributed by atoms with Crippen LogP contribution < -0.4 is 0 Å². The summed E-state index contributed by atoms with van der Waals surface area (Å²) in [4.78, 5) is 0. The van der Waals surface area contributed by atoms with Crippen LogP contribution in [0.5, 0.6) is 0 Å². The molecule has 1 rings (SSSR count). The molecule has 0 bridgehead atoms. The van der Waals surface area contributed by atoms with Gasteiger partial charge in [0.2, 0.25) is 0 Å². The molecule has 0 heterocycles. The van der Waals surface area contributed by atoms with E-state index in [1.54, 1.807) is 0 Å². The average Bonchev–Trinajstić information content (AvgIpc) is 1.80. The van der Waals surface area contributed by atoms with E-state index in [1.807, 2.05) is 13.8 Å². The zero-order valence-corrected chi connectivity index (χ0v) is 8.25. The highest BCUT2D eigenvalue weighted by molar-refractivity contribution is 4.93. The van der Waals surface area contributed by atoms with Gasteiger partial charge in [0, 0.05) is 0 Å². The molecule has 0 aromatic rings. The van der Waals surface area contributed by atoms with E-state index in [1.165, 1.54) is 0 Å². The fraction of sp³-hybridized carbons (Fsp3) is 1.00.